The number of rotatable bonds is 2. The molecule has 0 saturated heterocycles. The first kappa shape index (κ1) is 7.65. The monoisotopic (exact) mass is 158 g/mol. The summed E-state index contributed by atoms with van der Waals surface area (Å²) in [7, 11) is 0. The van der Waals surface area contributed by atoms with E-state index >= 15 is 0 Å². The number of hydrogen-bond acceptors (Lipinski definition) is 4. The summed E-state index contributed by atoms with van der Waals surface area (Å²) in [6.07, 6.45) is -0.0347. The fraction of sp³-hybridized carbons (Fsp3) is 0.500. The molecule has 2 N–H and O–H groups in total. The van der Waals surface area contributed by atoms with Crippen LogP contribution in [0.25, 0.3) is 0 Å². The molecule has 3 nitrogen and oxygen atoms in total. The van der Waals surface area contributed by atoms with Gasteiger partial charge >= 0.3 is 0 Å². The smallest absolute Gasteiger partial charge is 0.112 e. The number of hydrogen-bond donors (Lipinski definition) is 1. The van der Waals surface area contributed by atoms with Gasteiger partial charge in [-0.2, -0.15) is 0 Å². The van der Waals surface area contributed by atoms with E-state index in [1.807, 2.05) is 13.8 Å². The number of thiazole rings is 1. The van der Waals surface area contributed by atoms with Crippen LogP contribution >= 0.6 is 11.3 Å². The van der Waals surface area contributed by atoms with Gasteiger partial charge in [-0.05, 0) is 13.8 Å². The van der Waals surface area contributed by atoms with Gasteiger partial charge < -0.3 is 0 Å². The third-order valence-electron chi connectivity index (χ3n) is 1.36. The fourth-order valence-corrected chi connectivity index (χ4v) is 1.56. The van der Waals surface area contributed by atoms with Gasteiger partial charge in [-0.15, -0.1) is 11.3 Å². The molecule has 0 amide bonds. The van der Waals surface area contributed by atoms with Gasteiger partial charge in [-0.3, -0.25) is 4.84 Å². The van der Waals surface area contributed by atoms with Crippen molar-refractivity contribution in [2.45, 2.75) is 20.0 Å². The van der Waals surface area contributed by atoms with Crippen LogP contribution in [0.15, 0.2) is 5.51 Å². The van der Waals surface area contributed by atoms with E-state index in [0.29, 0.717) is 0 Å². The molecule has 0 aromatic carbocycles. The molecule has 1 atom stereocenters. The van der Waals surface area contributed by atoms with Crippen molar-refractivity contribution in [1.82, 2.24) is 4.98 Å². The molecule has 0 aliphatic carbocycles. The maximum atomic E-state index is 5.01. The maximum absolute atomic E-state index is 5.01. The molecule has 1 aromatic rings. The number of nitrogens with two attached hydrogens (primary N) is 1. The summed E-state index contributed by atoms with van der Waals surface area (Å²) in [6, 6.07) is 0. The van der Waals surface area contributed by atoms with Crippen LogP contribution in [0.4, 0.5) is 0 Å². The highest BCUT2D eigenvalue weighted by Crippen LogP contribution is 2.22. The quantitative estimate of drug-likeness (QED) is 0.662. The van der Waals surface area contributed by atoms with Crippen LogP contribution in [-0.2, 0) is 4.84 Å². The van der Waals surface area contributed by atoms with E-state index in [9.17, 15) is 0 Å². The van der Waals surface area contributed by atoms with E-state index in [1.165, 1.54) is 0 Å². The van der Waals surface area contributed by atoms with Crippen LogP contribution in [0.5, 0.6) is 0 Å². The van der Waals surface area contributed by atoms with E-state index in [0.717, 1.165) is 10.6 Å². The Labute approximate surface area is 63.8 Å². The Morgan fingerprint density at radius 2 is 2.50 bits per heavy atom. The number of aromatic nitrogens is 1. The molecule has 1 rings (SSSR count). The lowest BCUT2D eigenvalue weighted by Crippen LogP contribution is -2.04. The van der Waals surface area contributed by atoms with E-state index < -0.39 is 0 Å². The first-order valence-electron chi connectivity index (χ1n) is 3.01. The van der Waals surface area contributed by atoms with Crippen molar-refractivity contribution in [2.24, 2.45) is 5.90 Å². The molecule has 0 spiro atoms. The second-order valence-corrected chi connectivity index (χ2v) is 2.97. The molecule has 1 aromatic heterocycles. The zero-order valence-corrected chi connectivity index (χ0v) is 6.81. The topological polar surface area (TPSA) is 48.1 Å². The van der Waals surface area contributed by atoms with Crippen molar-refractivity contribution in [3.8, 4) is 0 Å². The van der Waals surface area contributed by atoms with E-state index in [2.05, 4.69) is 9.82 Å². The second kappa shape index (κ2) is 3.09. The van der Waals surface area contributed by atoms with Gasteiger partial charge in [-0.1, -0.05) is 0 Å². The first-order valence-corrected chi connectivity index (χ1v) is 3.89. The fourth-order valence-electron chi connectivity index (χ4n) is 0.763. The van der Waals surface area contributed by atoms with Crippen LogP contribution in [-0.4, -0.2) is 4.98 Å². The van der Waals surface area contributed by atoms with Gasteiger partial charge in [0, 0.05) is 0 Å². The molecule has 4 heteroatoms. The summed E-state index contributed by atoms with van der Waals surface area (Å²) in [5.41, 5.74) is 2.79. The van der Waals surface area contributed by atoms with Crippen LogP contribution < -0.4 is 5.90 Å². The minimum atomic E-state index is -0.0347. The summed E-state index contributed by atoms with van der Waals surface area (Å²) in [5.74, 6) is 5.01. The Morgan fingerprint density at radius 3 is 2.90 bits per heavy atom. The molecular formula is C6H10N2OS. The predicted octanol–water partition coefficient (Wildman–Crippen LogP) is 1.40. The van der Waals surface area contributed by atoms with Gasteiger partial charge in [0.25, 0.3) is 0 Å². The Hall–Kier alpha value is -0.450. The maximum Gasteiger partial charge on any atom is 0.112 e. The summed E-state index contributed by atoms with van der Waals surface area (Å²) in [4.78, 5) is 9.81. The van der Waals surface area contributed by atoms with Crippen molar-refractivity contribution in [3.05, 3.63) is 16.1 Å². The molecule has 56 valence electrons. The molecule has 0 radical (unpaired) electrons. The SMILES string of the molecule is Cc1ncsc1C(C)ON. The predicted molar refractivity (Wildman–Crippen MR) is 40.5 cm³/mol. The molecule has 1 heterocycles. The number of aryl methyl sites for hydroxylation is 1. The van der Waals surface area contributed by atoms with Gasteiger partial charge in [0.15, 0.2) is 0 Å². The van der Waals surface area contributed by atoms with Crippen LogP contribution in [0.1, 0.15) is 23.6 Å². The second-order valence-electron chi connectivity index (χ2n) is 2.08. The third-order valence-corrected chi connectivity index (χ3v) is 2.45. The lowest BCUT2D eigenvalue weighted by molar-refractivity contribution is 0.0683. The highest BCUT2D eigenvalue weighted by atomic mass is 32.1. The van der Waals surface area contributed by atoms with Crippen molar-refractivity contribution >= 4 is 11.3 Å². The third kappa shape index (κ3) is 1.34. The molecule has 0 saturated carbocycles. The van der Waals surface area contributed by atoms with Crippen molar-refractivity contribution in [3.63, 3.8) is 0 Å². The molecule has 0 fully saturated rings. The Bertz CT molecular complexity index is 211. The largest absolute Gasteiger partial charge is 0.296 e. The van der Waals surface area contributed by atoms with Crippen LogP contribution in [0.3, 0.4) is 0 Å². The Kier molecular flexibility index (Phi) is 2.37. The standard InChI is InChI=1S/C6H10N2OS/c1-4-6(5(2)9-7)10-3-8-4/h3,5H,7H2,1-2H3. The van der Waals surface area contributed by atoms with E-state index in [4.69, 9.17) is 5.90 Å². The highest BCUT2D eigenvalue weighted by Gasteiger charge is 2.09. The molecular weight excluding hydrogens is 148 g/mol. The van der Waals surface area contributed by atoms with Crippen LogP contribution in [0.2, 0.25) is 0 Å². The van der Waals surface area contributed by atoms with Crippen molar-refractivity contribution in [2.75, 3.05) is 0 Å². The average molecular weight is 158 g/mol. The summed E-state index contributed by atoms with van der Waals surface area (Å²) < 4.78 is 0. The lowest BCUT2D eigenvalue weighted by atomic mass is 10.3. The molecule has 1 unspecified atom stereocenters. The molecule has 0 aliphatic rings. The van der Waals surface area contributed by atoms with E-state index in [1.54, 1.807) is 16.8 Å². The molecule has 0 bridgehead atoms. The lowest BCUT2D eigenvalue weighted by Gasteiger charge is -2.04. The van der Waals surface area contributed by atoms with Gasteiger partial charge in [0.2, 0.25) is 0 Å². The first-order chi connectivity index (χ1) is 4.75. The number of nitrogens with zero attached hydrogens (tertiary/aromatic N) is 1. The minimum absolute atomic E-state index is 0.0347. The van der Waals surface area contributed by atoms with Crippen molar-refractivity contribution < 1.29 is 4.84 Å². The summed E-state index contributed by atoms with van der Waals surface area (Å²) in [5, 5.41) is 0. The zero-order valence-electron chi connectivity index (χ0n) is 6.00. The summed E-state index contributed by atoms with van der Waals surface area (Å²) in [6.45, 7) is 3.85. The van der Waals surface area contributed by atoms with Gasteiger partial charge in [0.05, 0.1) is 16.1 Å². The minimum Gasteiger partial charge on any atom is -0.296 e. The van der Waals surface area contributed by atoms with Gasteiger partial charge in [-0.25, -0.2) is 10.9 Å². The van der Waals surface area contributed by atoms with Crippen molar-refractivity contribution in [1.29, 1.82) is 0 Å². The van der Waals surface area contributed by atoms with Crippen LogP contribution in [0, 0.1) is 6.92 Å². The normalized spacial score (nSPS) is 13.5. The average Bonchev–Trinajstić information content (AvgIpc) is 2.34. The highest BCUT2D eigenvalue weighted by molar-refractivity contribution is 7.09. The Morgan fingerprint density at radius 1 is 1.80 bits per heavy atom. The molecule has 10 heavy (non-hydrogen) atoms. The Balaban J connectivity index is 2.82. The molecule has 0 aliphatic heterocycles. The zero-order chi connectivity index (χ0) is 7.56. The van der Waals surface area contributed by atoms with E-state index in [-0.39, 0.29) is 6.10 Å². The summed E-state index contributed by atoms with van der Waals surface area (Å²) >= 11 is 1.57. The van der Waals surface area contributed by atoms with Gasteiger partial charge in [0.1, 0.15) is 6.10 Å².